The maximum absolute atomic E-state index is 5.69. The minimum absolute atomic E-state index is 0.461. The monoisotopic (exact) mass is 470 g/mol. The Hall–Kier alpha value is -0.380. The number of rotatable bonds is 14. The average Bonchev–Trinajstić information content (AvgIpc) is 2.57. The molecule has 6 nitrogen and oxygen atoms in total. The first kappa shape index (κ1) is 21.7. The van der Waals surface area contributed by atoms with E-state index in [1.165, 1.54) is 0 Å². The van der Waals surface area contributed by atoms with Gasteiger partial charge in [-0.15, -0.1) is 0 Å². The number of halogens is 2. The van der Waals surface area contributed by atoms with Crippen LogP contribution in [0.2, 0.25) is 0 Å². The van der Waals surface area contributed by atoms with Crippen LogP contribution in [0.15, 0.2) is 21.1 Å². The lowest BCUT2D eigenvalue weighted by atomic mass is 10.3. The quantitative estimate of drug-likeness (QED) is 0.388. The largest absolute Gasteiger partial charge is 0.490 e. The van der Waals surface area contributed by atoms with E-state index in [9.17, 15) is 0 Å². The number of methoxy groups -OCH3 is 2. The Labute approximate surface area is 159 Å². The number of hydrogen-bond acceptors (Lipinski definition) is 6. The molecule has 0 N–H and O–H groups in total. The van der Waals surface area contributed by atoms with Crippen molar-refractivity contribution < 1.29 is 28.4 Å². The Morgan fingerprint density at radius 2 is 1.00 bits per heavy atom. The molecule has 0 aromatic heterocycles. The van der Waals surface area contributed by atoms with Gasteiger partial charge in [0.25, 0.3) is 0 Å². The summed E-state index contributed by atoms with van der Waals surface area (Å²) >= 11 is 6.97. The van der Waals surface area contributed by atoms with Crippen LogP contribution >= 0.6 is 31.9 Å². The summed E-state index contributed by atoms with van der Waals surface area (Å²) in [5, 5.41) is 0. The third-order valence-electron chi connectivity index (χ3n) is 2.82. The second-order valence-electron chi connectivity index (χ2n) is 4.62. The van der Waals surface area contributed by atoms with E-state index in [0.717, 1.165) is 20.4 Å². The summed E-state index contributed by atoms with van der Waals surface area (Å²) in [4.78, 5) is 0. The number of ether oxygens (including phenoxy) is 6. The molecular weight excluding hydrogens is 448 g/mol. The first-order chi connectivity index (χ1) is 11.7. The van der Waals surface area contributed by atoms with Crippen molar-refractivity contribution in [2.75, 3.05) is 67.1 Å². The van der Waals surface area contributed by atoms with Crippen molar-refractivity contribution in [3.63, 3.8) is 0 Å². The highest BCUT2D eigenvalue weighted by molar-refractivity contribution is 9.11. The molecule has 1 aromatic carbocycles. The smallest absolute Gasteiger partial charge is 0.134 e. The highest BCUT2D eigenvalue weighted by Gasteiger charge is 2.09. The minimum Gasteiger partial charge on any atom is -0.490 e. The molecule has 0 aliphatic heterocycles. The van der Waals surface area contributed by atoms with Gasteiger partial charge in [-0.05, 0) is 44.0 Å². The van der Waals surface area contributed by atoms with Crippen molar-refractivity contribution in [1.29, 1.82) is 0 Å². The molecule has 24 heavy (non-hydrogen) atoms. The van der Waals surface area contributed by atoms with Crippen molar-refractivity contribution >= 4 is 31.9 Å². The SMILES string of the molecule is COCCOCCOc1cc(Br)c(OCCOCCOC)cc1Br. The third kappa shape index (κ3) is 9.19. The van der Waals surface area contributed by atoms with Crippen molar-refractivity contribution in [2.45, 2.75) is 0 Å². The van der Waals surface area contributed by atoms with Crippen LogP contribution in [0.1, 0.15) is 0 Å². The van der Waals surface area contributed by atoms with Crippen molar-refractivity contribution in [2.24, 2.45) is 0 Å². The fourth-order valence-corrected chi connectivity index (χ4v) is 2.51. The molecule has 0 spiro atoms. The van der Waals surface area contributed by atoms with E-state index in [0.29, 0.717) is 52.9 Å². The second-order valence-corrected chi connectivity index (χ2v) is 6.33. The van der Waals surface area contributed by atoms with E-state index in [1.54, 1.807) is 14.2 Å². The average molecular weight is 472 g/mol. The third-order valence-corrected chi connectivity index (χ3v) is 4.06. The van der Waals surface area contributed by atoms with Gasteiger partial charge in [0.1, 0.15) is 24.7 Å². The van der Waals surface area contributed by atoms with E-state index in [-0.39, 0.29) is 0 Å². The number of benzene rings is 1. The van der Waals surface area contributed by atoms with E-state index < -0.39 is 0 Å². The predicted octanol–water partition coefficient (Wildman–Crippen LogP) is 3.30. The molecule has 0 amide bonds. The Balaban J connectivity index is 2.33. The lowest BCUT2D eigenvalue weighted by Gasteiger charge is -2.13. The lowest BCUT2D eigenvalue weighted by molar-refractivity contribution is 0.0536. The first-order valence-corrected chi connectivity index (χ1v) is 9.15. The van der Waals surface area contributed by atoms with Gasteiger partial charge in [-0.25, -0.2) is 0 Å². The molecule has 0 radical (unpaired) electrons. The molecule has 138 valence electrons. The second kappa shape index (κ2) is 13.9. The Bertz CT molecular complexity index is 417. The van der Waals surface area contributed by atoms with Crippen molar-refractivity contribution in [3.05, 3.63) is 21.1 Å². The molecule has 0 unspecified atom stereocenters. The van der Waals surface area contributed by atoms with Crippen LogP contribution in [-0.2, 0) is 18.9 Å². The fourth-order valence-electron chi connectivity index (χ4n) is 1.64. The van der Waals surface area contributed by atoms with Gasteiger partial charge in [0.05, 0.1) is 48.6 Å². The molecule has 0 saturated heterocycles. The van der Waals surface area contributed by atoms with Crippen LogP contribution in [0.3, 0.4) is 0 Å². The van der Waals surface area contributed by atoms with Gasteiger partial charge in [0.15, 0.2) is 0 Å². The summed E-state index contributed by atoms with van der Waals surface area (Å²) < 4.78 is 33.5. The van der Waals surface area contributed by atoms with Gasteiger partial charge in [-0.1, -0.05) is 0 Å². The van der Waals surface area contributed by atoms with Crippen LogP contribution in [0, 0.1) is 0 Å². The van der Waals surface area contributed by atoms with E-state index in [2.05, 4.69) is 31.9 Å². The maximum Gasteiger partial charge on any atom is 0.134 e. The fraction of sp³-hybridized carbons (Fsp3) is 0.625. The summed E-state index contributed by atoms with van der Waals surface area (Å²) in [6.07, 6.45) is 0. The zero-order chi connectivity index (χ0) is 17.6. The molecule has 0 fully saturated rings. The maximum atomic E-state index is 5.69. The molecule has 1 aromatic rings. The molecular formula is C16H24Br2O6. The zero-order valence-corrected chi connectivity index (χ0v) is 17.2. The van der Waals surface area contributed by atoms with Crippen molar-refractivity contribution in [3.8, 4) is 11.5 Å². The van der Waals surface area contributed by atoms with E-state index in [1.807, 2.05) is 12.1 Å². The van der Waals surface area contributed by atoms with Crippen LogP contribution in [0.25, 0.3) is 0 Å². The minimum atomic E-state index is 0.461. The first-order valence-electron chi connectivity index (χ1n) is 7.57. The summed E-state index contributed by atoms with van der Waals surface area (Å²) in [7, 11) is 3.29. The van der Waals surface area contributed by atoms with Crippen LogP contribution in [0.4, 0.5) is 0 Å². The highest BCUT2D eigenvalue weighted by atomic mass is 79.9. The van der Waals surface area contributed by atoms with Gasteiger partial charge in [0, 0.05) is 14.2 Å². The number of hydrogen-bond donors (Lipinski definition) is 0. The van der Waals surface area contributed by atoms with Gasteiger partial charge in [-0.3, -0.25) is 0 Å². The Kier molecular flexibility index (Phi) is 12.5. The zero-order valence-electron chi connectivity index (χ0n) is 14.0. The summed E-state index contributed by atoms with van der Waals surface area (Å²) in [5.41, 5.74) is 0. The standard InChI is InChI=1S/C16H24Br2O6/c1-19-3-5-21-7-9-23-15-11-14(18)16(12-13(15)17)24-10-8-22-6-4-20-2/h11-12H,3-10H2,1-2H3. The molecule has 0 bridgehead atoms. The summed E-state index contributed by atoms with van der Waals surface area (Å²) in [5.74, 6) is 1.45. The topological polar surface area (TPSA) is 55.4 Å². The summed E-state index contributed by atoms with van der Waals surface area (Å²) in [6.45, 7) is 4.21. The van der Waals surface area contributed by atoms with Gasteiger partial charge < -0.3 is 28.4 Å². The molecule has 0 atom stereocenters. The molecule has 0 saturated carbocycles. The Morgan fingerprint density at radius 1 is 0.625 bits per heavy atom. The molecule has 0 heterocycles. The van der Waals surface area contributed by atoms with Crippen molar-refractivity contribution in [1.82, 2.24) is 0 Å². The van der Waals surface area contributed by atoms with Crippen LogP contribution in [-0.4, -0.2) is 67.1 Å². The Morgan fingerprint density at radius 3 is 1.38 bits per heavy atom. The summed E-state index contributed by atoms with van der Waals surface area (Å²) in [6, 6.07) is 3.72. The van der Waals surface area contributed by atoms with E-state index >= 15 is 0 Å². The molecule has 8 heteroatoms. The normalized spacial score (nSPS) is 10.8. The van der Waals surface area contributed by atoms with E-state index in [4.69, 9.17) is 28.4 Å². The van der Waals surface area contributed by atoms with Crippen LogP contribution < -0.4 is 9.47 Å². The van der Waals surface area contributed by atoms with Gasteiger partial charge in [0.2, 0.25) is 0 Å². The van der Waals surface area contributed by atoms with Gasteiger partial charge in [-0.2, -0.15) is 0 Å². The molecule has 0 aliphatic rings. The van der Waals surface area contributed by atoms with Crippen LogP contribution in [0.5, 0.6) is 11.5 Å². The lowest BCUT2D eigenvalue weighted by Crippen LogP contribution is -2.11. The predicted molar refractivity (Wildman–Crippen MR) is 98.2 cm³/mol. The molecule has 1 rings (SSSR count). The van der Waals surface area contributed by atoms with Gasteiger partial charge >= 0.3 is 0 Å². The highest BCUT2D eigenvalue weighted by Crippen LogP contribution is 2.36. The molecule has 0 aliphatic carbocycles.